The quantitative estimate of drug-likeness (QED) is 0.819. The Morgan fingerprint density at radius 1 is 1.19 bits per heavy atom. The number of fused-ring (bicyclic) bond motifs is 1. The molecular weight excluding hydrogens is 360 g/mol. The van der Waals surface area contributed by atoms with Gasteiger partial charge in [-0.2, -0.15) is 0 Å². The first-order chi connectivity index (χ1) is 12.3. The Morgan fingerprint density at radius 3 is 2.54 bits per heavy atom. The van der Waals surface area contributed by atoms with Crippen molar-refractivity contribution in [3.8, 4) is 5.75 Å². The van der Waals surface area contributed by atoms with Gasteiger partial charge in [0, 0.05) is 19.7 Å². The molecule has 0 unspecified atom stereocenters. The summed E-state index contributed by atoms with van der Waals surface area (Å²) in [6, 6.07) is 8.67. The maximum Gasteiger partial charge on any atom is 0.263 e. The average molecular weight is 376 g/mol. The van der Waals surface area contributed by atoms with Crippen molar-refractivity contribution in [2.75, 3.05) is 31.3 Å². The topological polar surface area (TPSA) is 118 Å². The smallest absolute Gasteiger partial charge is 0.263 e. The lowest BCUT2D eigenvalue weighted by atomic mass is 10.2. The van der Waals surface area contributed by atoms with E-state index in [9.17, 15) is 18.0 Å². The van der Waals surface area contributed by atoms with E-state index in [0.717, 1.165) is 4.31 Å². The molecule has 10 heteroatoms. The van der Waals surface area contributed by atoms with E-state index in [0.29, 0.717) is 5.75 Å². The predicted octanol–water partition coefficient (Wildman–Crippen LogP) is 0.915. The fraction of sp³-hybridized carbons (Fsp3) is 0.188. The summed E-state index contributed by atoms with van der Waals surface area (Å²) in [7, 11) is -0.697. The van der Waals surface area contributed by atoms with E-state index in [1.54, 1.807) is 12.1 Å². The fourth-order valence-corrected chi connectivity index (χ4v) is 3.11. The first-order valence-corrected chi connectivity index (χ1v) is 8.99. The molecule has 1 aliphatic heterocycles. The van der Waals surface area contributed by atoms with Crippen LogP contribution in [0.15, 0.2) is 41.3 Å². The molecule has 2 N–H and O–H groups in total. The molecule has 0 spiro atoms. The third-order valence-corrected chi connectivity index (χ3v) is 5.44. The van der Waals surface area contributed by atoms with Gasteiger partial charge in [-0.1, -0.05) is 0 Å². The zero-order chi connectivity index (χ0) is 18.9. The monoisotopic (exact) mass is 376 g/mol. The van der Waals surface area contributed by atoms with Crippen LogP contribution >= 0.6 is 0 Å². The van der Waals surface area contributed by atoms with Crippen molar-refractivity contribution in [2.45, 2.75) is 4.90 Å². The molecule has 26 heavy (non-hydrogen) atoms. The molecule has 3 rings (SSSR count). The molecule has 136 valence electrons. The number of ether oxygens (including phenoxy) is 1. The van der Waals surface area contributed by atoms with E-state index in [1.807, 2.05) is 0 Å². The molecule has 0 atom stereocenters. The number of pyridine rings is 1. The van der Waals surface area contributed by atoms with Crippen molar-refractivity contribution in [3.05, 3.63) is 42.0 Å². The Bertz CT molecular complexity index is 971. The average Bonchev–Trinajstić information content (AvgIpc) is 2.61. The predicted molar refractivity (Wildman–Crippen MR) is 93.6 cm³/mol. The van der Waals surface area contributed by atoms with Gasteiger partial charge < -0.3 is 15.4 Å². The molecule has 0 saturated heterocycles. The number of nitrogens with zero attached hydrogens (tertiary/aromatic N) is 2. The highest BCUT2D eigenvalue weighted by molar-refractivity contribution is 7.89. The SMILES string of the molecule is CN(C)S(=O)(=O)c1ccc(C(=O)Nc2ccc3c(n2)NC(=O)CO3)cc1. The fourth-order valence-electron chi connectivity index (χ4n) is 2.21. The second-order valence-electron chi connectivity index (χ2n) is 5.65. The van der Waals surface area contributed by atoms with Gasteiger partial charge in [-0.3, -0.25) is 9.59 Å². The summed E-state index contributed by atoms with van der Waals surface area (Å²) >= 11 is 0. The number of hydrogen-bond donors (Lipinski definition) is 2. The van der Waals surface area contributed by atoms with Crippen molar-refractivity contribution in [1.82, 2.24) is 9.29 Å². The summed E-state index contributed by atoms with van der Waals surface area (Å²) in [5, 5.41) is 5.14. The van der Waals surface area contributed by atoms with Gasteiger partial charge in [-0.15, -0.1) is 0 Å². The summed E-state index contributed by atoms with van der Waals surface area (Å²) in [6.07, 6.45) is 0. The maximum absolute atomic E-state index is 12.3. The second-order valence-corrected chi connectivity index (χ2v) is 7.80. The lowest BCUT2D eigenvalue weighted by Crippen LogP contribution is -2.26. The zero-order valence-electron chi connectivity index (χ0n) is 14.0. The third-order valence-electron chi connectivity index (χ3n) is 3.61. The minimum atomic E-state index is -3.56. The Morgan fingerprint density at radius 2 is 1.88 bits per heavy atom. The summed E-state index contributed by atoms with van der Waals surface area (Å²) in [6.45, 7) is -0.0808. The van der Waals surface area contributed by atoms with E-state index in [2.05, 4.69) is 15.6 Å². The number of amides is 2. The summed E-state index contributed by atoms with van der Waals surface area (Å²) in [4.78, 5) is 27.8. The van der Waals surface area contributed by atoms with Gasteiger partial charge in [0.2, 0.25) is 10.0 Å². The number of carbonyl (C=O) groups is 2. The molecule has 0 aliphatic carbocycles. The number of anilines is 2. The highest BCUT2D eigenvalue weighted by atomic mass is 32.2. The van der Waals surface area contributed by atoms with Crippen LogP contribution in [0.1, 0.15) is 10.4 Å². The molecule has 2 heterocycles. The minimum absolute atomic E-state index is 0.0808. The van der Waals surface area contributed by atoms with E-state index in [4.69, 9.17) is 4.74 Å². The number of carbonyl (C=O) groups excluding carboxylic acids is 2. The van der Waals surface area contributed by atoms with Gasteiger partial charge in [-0.25, -0.2) is 17.7 Å². The number of nitrogens with one attached hydrogen (secondary N) is 2. The van der Waals surface area contributed by atoms with Crippen molar-refractivity contribution in [2.24, 2.45) is 0 Å². The maximum atomic E-state index is 12.3. The van der Waals surface area contributed by atoms with Crippen LogP contribution in [0, 0.1) is 0 Å². The van der Waals surface area contributed by atoms with E-state index in [1.165, 1.54) is 38.4 Å². The molecule has 0 saturated carbocycles. The van der Waals surface area contributed by atoms with Crippen LogP contribution in [0.3, 0.4) is 0 Å². The van der Waals surface area contributed by atoms with Gasteiger partial charge in [0.15, 0.2) is 18.2 Å². The Balaban J connectivity index is 1.76. The third kappa shape index (κ3) is 3.51. The minimum Gasteiger partial charge on any atom is -0.480 e. The van der Waals surface area contributed by atoms with Gasteiger partial charge in [0.25, 0.3) is 11.8 Å². The molecule has 9 nitrogen and oxygen atoms in total. The molecule has 0 radical (unpaired) electrons. The van der Waals surface area contributed by atoms with Crippen LogP contribution in [0.2, 0.25) is 0 Å². The van der Waals surface area contributed by atoms with E-state index in [-0.39, 0.29) is 34.6 Å². The van der Waals surface area contributed by atoms with Gasteiger partial charge in [0.05, 0.1) is 4.90 Å². The standard InChI is InChI=1S/C16H16N4O5S/c1-20(2)26(23,24)11-5-3-10(4-6-11)16(22)18-13-8-7-12-15(17-13)19-14(21)9-25-12/h3-8H,9H2,1-2H3,(H2,17,18,19,21,22). The first-order valence-electron chi connectivity index (χ1n) is 7.55. The van der Waals surface area contributed by atoms with Crippen molar-refractivity contribution in [1.29, 1.82) is 0 Å². The van der Waals surface area contributed by atoms with E-state index >= 15 is 0 Å². The molecular formula is C16H16N4O5S. The number of rotatable bonds is 4. The lowest BCUT2D eigenvalue weighted by Gasteiger charge is -2.17. The largest absolute Gasteiger partial charge is 0.480 e. The van der Waals surface area contributed by atoms with Crippen LogP contribution < -0.4 is 15.4 Å². The molecule has 2 amide bonds. The molecule has 0 fully saturated rings. The first kappa shape index (κ1) is 17.8. The lowest BCUT2D eigenvalue weighted by molar-refractivity contribution is -0.118. The Hall–Kier alpha value is -2.98. The van der Waals surface area contributed by atoms with Crippen LogP contribution in [0.4, 0.5) is 11.6 Å². The van der Waals surface area contributed by atoms with Gasteiger partial charge >= 0.3 is 0 Å². The Kier molecular flexibility index (Phi) is 4.62. The molecule has 0 bridgehead atoms. The highest BCUT2D eigenvalue weighted by Gasteiger charge is 2.19. The molecule has 2 aromatic rings. The second kappa shape index (κ2) is 6.73. The molecule has 1 aliphatic rings. The van der Waals surface area contributed by atoms with Crippen molar-refractivity contribution < 1.29 is 22.7 Å². The number of sulfonamides is 1. The van der Waals surface area contributed by atoms with Crippen molar-refractivity contribution in [3.63, 3.8) is 0 Å². The van der Waals surface area contributed by atoms with Crippen LogP contribution in [0.5, 0.6) is 5.75 Å². The number of hydrogen-bond acceptors (Lipinski definition) is 6. The molecule has 1 aromatic carbocycles. The summed E-state index contributed by atoms with van der Waals surface area (Å²) in [5.41, 5.74) is 0.266. The van der Waals surface area contributed by atoms with Crippen LogP contribution in [0.25, 0.3) is 0 Å². The number of aromatic nitrogens is 1. The van der Waals surface area contributed by atoms with Crippen molar-refractivity contribution >= 4 is 33.5 Å². The van der Waals surface area contributed by atoms with Gasteiger partial charge in [-0.05, 0) is 36.4 Å². The van der Waals surface area contributed by atoms with Crippen LogP contribution in [-0.2, 0) is 14.8 Å². The highest BCUT2D eigenvalue weighted by Crippen LogP contribution is 2.27. The normalized spacial score (nSPS) is 13.6. The van der Waals surface area contributed by atoms with E-state index < -0.39 is 15.9 Å². The number of benzene rings is 1. The summed E-state index contributed by atoms with van der Waals surface area (Å²) in [5.74, 6) is 0.0809. The van der Waals surface area contributed by atoms with Gasteiger partial charge in [0.1, 0.15) is 5.82 Å². The zero-order valence-corrected chi connectivity index (χ0v) is 14.8. The van der Waals surface area contributed by atoms with Crippen LogP contribution in [-0.4, -0.2) is 50.2 Å². The molecule has 1 aromatic heterocycles. The Labute approximate surface area is 150 Å². The summed E-state index contributed by atoms with van der Waals surface area (Å²) < 4.78 is 30.4.